The highest BCUT2D eigenvalue weighted by molar-refractivity contribution is 9.10. The Morgan fingerprint density at radius 3 is 2.74 bits per heavy atom. The van der Waals surface area contributed by atoms with Gasteiger partial charge in [0.2, 0.25) is 0 Å². The first kappa shape index (κ1) is 14.9. The molecule has 1 aliphatic rings. The number of aliphatic hydroxyl groups is 1. The molecule has 19 heavy (non-hydrogen) atoms. The average Bonchev–Trinajstić information content (AvgIpc) is 2.41. The van der Waals surface area contributed by atoms with Crippen LogP contribution in [0.2, 0.25) is 0 Å². The van der Waals surface area contributed by atoms with Gasteiger partial charge in [-0.15, -0.1) is 0 Å². The zero-order valence-electron chi connectivity index (χ0n) is 11.0. The smallest absolute Gasteiger partial charge is 0.143 e. The van der Waals surface area contributed by atoms with Crippen molar-refractivity contribution in [1.82, 2.24) is 0 Å². The summed E-state index contributed by atoms with van der Waals surface area (Å²) in [6.45, 7) is 2.12. The van der Waals surface area contributed by atoms with Crippen molar-refractivity contribution in [3.8, 4) is 0 Å². The van der Waals surface area contributed by atoms with Crippen LogP contribution < -0.4 is 0 Å². The van der Waals surface area contributed by atoms with E-state index in [1.165, 1.54) is 12.1 Å². The summed E-state index contributed by atoms with van der Waals surface area (Å²) in [6, 6.07) is 2.65. The lowest BCUT2D eigenvalue weighted by Crippen LogP contribution is -2.31. The van der Waals surface area contributed by atoms with Crippen LogP contribution in [0.1, 0.15) is 38.2 Å². The molecule has 1 aromatic carbocycles. The Hall–Kier alpha value is -0.480. The van der Waals surface area contributed by atoms with Crippen LogP contribution in [0.15, 0.2) is 16.6 Å². The minimum absolute atomic E-state index is 0.0444. The van der Waals surface area contributed by atoms with E-state index in [0.717, 1.165) is 25.7 Å². The van der Waals surface area contributed by atoms with E-state index in [-0.39, 0.29) is 22.4 Å². The van der Waals surface area contributed by atoms with E-state index in [0.29, 0.717) is 5.92 Å². The maximum atomic E-state index is 14.0. The third-order valence-corrected chi connectivity index (χ3v) is 4.85. The Kier molecular flexibility index (Phi) is 4.96. The first-order valence-corrected chi connectivity index (χ1v) is 7.62. The van der Waals surface area contributed by atoms with E-state index in [4.69, 9.17) is 0 Å². The molecule has 106 valence electrons. The lowest BCUT2D eigenvalue weighted by molar-refractivity contribution is 0.0467. The fourth-order valence-electron chi connectivity index (χ4n) is 2.95. The molecule has 0 spiro atoms. The van der Waals surface area contributed by atoms with Crippen molar-refractivity contribution in [3.05, 3.63) is 33.8 Å². The summed E-state index contributed by atoms with van der Waals surface area (Å²) in [6.07, 6.45) is 3.49. The fraction of sp³-hybridized carbons (Fsp3) is 0.600. The molecule has 0 radical (unpaired) electrons. The van der Waals surface area contributed by atoms with Crippen molar-refractivity contribution >= 4 is 15.9 Å². The first-order valence-electron chi connectivity index (χ1n) is 6.83. The molecule has 0 heterocycles. The number of hydrogen-bond acceptors (Lipinski definition) is 1. The minimum Gasteiger partial charge on any atom is -0.393 e. The van der Waals surface area contributed by atoms with E-state index < -0.39 is 17.7 Å². The van der Waals surface area contributed by atoms with Gasteiger partial charge in [0, 0.05) is 5.56 Å². The van der Waals surface area contributed by atoms with Gasteiger partial charge in [0.25, 0.3) is 0 Å². The van der Waals surface area contributed by atoms with E-state index in [1.54, 1.807) is 0 Å². The Bertz CT molecular complexity index is 450. The molecule has 2 rings (SSSR count). The van der Waals surface area contributed by atoms with Crippen LogP contribution >= 0.6 is 15.9 Å². The van der Waals surface area contributed by atoms with Gasteiger partial charge in [-0.2, -0.15) is 0 Å². The molecule has 0 aromatic heterocycles. The van der Waals surface area contributed by atoms with Crippen molar-refractivity contribution in [2.24, 2.45) is 11.8 Å². The Balaban J connectivity index is 2.18. The van der Waals surface area contributed by atoms with Gasteiger partial charge >= 0.3 is 0 Å². The molecule has 4 heteroatoms. The van der Waals surface area contributed by atoms with Gasteiger partial charge in [-0.1, -0.05) is 13.3 Å². The molecule has 3 unspecified atom stereocenters. The predicted molar refractivity (Wildman–Crippen MR) is 74.9 cm³/mol. The van der Waals surface area contributed by atoms with Crippen LogP contribution in [0.5, 0.6) is 0 Å². The van der Waals surface area contributed by atoms with E-state index in [2.05, 4.69) is 22.9 Å². The summed E-state index contributed by atoms with van der Waals surface area (Å²) in [4.78, 5) is 0. The SMILES string of the molecule is CCC1CCC(O)C(Cc2c(F)ccc(Br)c2F)C1. The second-order valence-corrected chi connectivity index (χ2v) is 6.29. The molecular formula is C15H19BrF2O. The minimum atomic E-state index is -0.536. The third-order valence-electron chi connectivity index (χ3n) is 4.23. The van der Waals surface area contributed by atoms with Gasteiger partial charge < -0.3 is 5.11 Å². The molecule has 1 nitrogen and oxygen atoms in total. The highest BCUT2D eigenvalue weighted by Gasteiger charge is 2.30. The Labute approximate surface area is 121 Å². The summed E-state index contributed by atoms with van der Waals surface area (Å²) in [5.74, 6) is -0.541. The molecule has 0 bridgehead atoms. The van der Waals surface area contributed by atoms with E-state index >= 15 is 0 Å². The van der Waals surface area contributed by atoms with E-state index in [9.17, 15) is 13.9 Å². The van der Waals surface area contributed by atoms with Crippen molar-refractivity contribution in [2.75, 3.05) is 0 Å². The average molecular weight is 333 g/mol. The molecule has 1 saturated carbocycles. The molecule has 1 fully saturated rings. The zero-order chi connectivity index (χ0) is 14.0. The van der Waals surface area contributed by atoms with Crippen molar-refractivity contribution in [3.63, 3.8) is 0 Å². The number of halogens is 3. The standard InChI is InChI=1S/C15H19BrF2O/c1-2-9-3-6-14(19)10(7-9)8-11-13(17)5-4-12(16)15(11)18/h4-5,9-10,14,19H,2-3,6-8H2,1H3. The summed E-state index contributed by atoms with van der Waals surface area (Å²) >= 11 is 3.08. The maximum absolute atomic E-state index is 14.0. The highest BCUT2D eigenvalue weighted by atomic mass is 79.9. The van der Waals surface area contributed by atoms with Crippen molar-refractivity contribution < 1.29 is 13.9 Å². The monoisotopic (exact) mass is 332 g/mol. The number of benzene rings is 1. The largest absolute Gasteiger partial charge is 0.393 e. The van der Waals surface area contributed by atoms with Crippen molar-refractivity contribution in [2.45, 2.75) is 45.1 Å². The second kappa shape index (κ2) is 6.31. The lowest BCUT2D eigenvalue weighted by Gasteiger charge is -2.33. The fourth-order valence-corrected chi connectivity index (χ4v) is 3.33. The molecule has 0 amide bonds. The van der Waals surface area contributed by atoms with Crippen LogP contribution in [0, 0.1) is 23.5 Å². The molecule has 3 atom stereocenters. The number of hydrogen-bond donors (Lipinski definition) is 1. The topological polar surface area (TPSA) is 20.2 Å². The van der Waals surface area contributed by atoms with Gasteiger partial charge in [-0.25, -0.2) is 8.78 Å². The molecule has 1 N–H and O–H groups in total. The normalized spacial score (nSPS) is 27.5. The maximum Gasteiger partial charge on any atom is 0.143 e. The molecule has 0 saturated heterocycles. The second-order valence-electron chi connectivity index (χ2n) is 5.44. The van der Waals surface area contributed by atoms with Crippen LogP contribution in [0.3, 0.4) is 0 Å². The summed E-state index contributed by atoms with van der Waals surface area (Å²) in [5, 5.41) is 10.0. The molecule has 1 aliphatic carbocycles. The van der Waals surface area contributed by atoms with Gasteiger partial charge in [-0.05, 0) is 65.6 Å². The van der Waals surface area contributed by atoms with Gasteiger partial charge in [0.1, 0.15) is 11.6 Å². The number of rotatable bonds is 3. The first-order chi connectivity index (χ1) is 9.02. The van der Waals surface area contributed by atoms with Crippen LogP contribution in [-0.2, 0) is 6.42 Å². The van der Waals surface area contributed by atoms with Crippen molar-refractivity contribution in [1.29, 1.82) is 0 Å². The Morgan fingerprint density at radius 1 is 1.32 bits per heavy atom. The van der Waals surface area contributed by atoms with Gasteiger partial charge in [-0.3, -0.25) is 0 Å². The highest BCUT2D eigenvalue weighted by Crippen LogP contribution is 2.35. The molecular weight excluding hydrogens is 314 g/mol. The summed E-state index contributed by atoms with van der Waals surface area (Å²) < 4.78 is 28.0. The van der Waals surface area contributed by atoms with Crippen LogP contribution in [-0.4, -0.2) is 11.2 Å². The lowest BCUT2D eigenvalue weighted by atomic mass is 9.76. The predicted octanol–water partition coefficient (Wildman–Crippen LogP) is 4.46. The zero-order valence-corrected chi connectivity index (χ0v) is 12.6. The summed E-state index contributed by atoms with van der Waals surface area (Å²) in [5.41, 5.74) is 0.0928. The van der Waals surface area contributed by atoms with Crippen LogP contribution in [0.4, 0.5) is 8.78 Å². The van der Waals surface area contributed by atoms with E-state index in [1.807, 2.05) is 0 Å². The van der Waals surface area contributed by atoms with Gasteiger partial charge in [0.15, 0.2) is 0 Å². The number of aliphatic hydroxyl groups excluding tert-OH is 1. The quantitative estimate of drug-likeness (QED) is 0.810. The Morgan fingerprint density at radius 2 is 2.05 bits per heavy atom. The van der Waals surface area contributed by atoms with Gasteiger partial charge in [0.05, 0.1) is 10.6 Å². The molecule has 1 aromatic rings. The molecule has 0 aliphatic heterocycles. The van der Waals surface area contributed by atoms with Crippen LogP contribution in [0.25, 0.3) is 0 Å². The third kappa shape index (κ3) is 3.34. The summed E-state index contributed by atoms with van der Waals surface area (Å²) in [7, 11) is 0.